The molecule has 2 aliphatic heterocycles. The number of nitrogens with two attached hydrogens (primary N) is 1. The van der Waals surface area contributed by atoms with Gasteiger partial charge in [-0.25, -0.2) is 9.37 Å². The number of rotatable bonds is 5. The maximum absolute atomic E-state index is 13.6. The zero-order chi connectivity index (χ0) is 22.0. The minimum atomic E-state index is -1.64. The summed E-state index contributed by atoms with van der Waals surface area (Å²) in [7, 11) is 0. The summed E-state index contributed by atoms with van der Waals surface area (Å²) in [5.41, 5.74) is 8.60. The number of pyridine rings is 2. The van der Waals surface area contributed by atoms with Gasteiger partial charge in [-0.2, -0.15) is 0 Å². The Labute approximate surface area is 179 Å². The number of carbonyl (C=O) groups excluding carboxylic acids is 1. The van der Waals surface area contributed by atoms with Crippen LogP contribution in [-0.4, -0.2) is 65.8 Å². The number of likely N-dealkylation sites (tertiary alicyclic amines) is 1. The van der Waals surface area contributed by atoms with Crippen LogP contribution in [-0.2, 0) is 9.53 Å². The third-order valence-electron chi connectivity index (χ3n) is 6.01. The van der Waals surface area contributed by atoms with Crippen LogP contribution in [0.1, 0.15) is 30.4 Å². The van der Waals surface area contributed by atoms with Crippen LogP contribution in [0.4, 0.5) is 10.2 Å². The number of halogens is 1. The predicted octanol–water partition coefficient (Wildman–Crippen LogP) is 1.73. The summed E-state index contributed by atoms with van der Waals surface area (Å²) in [6, 6.07) is 1.97. The summed E-state index contributed by atoms with van der Waals surface area (Å²) < 4.78 is 19.0. The standard InChI is InChI=1S/C22H28FN5O3/c1-13-10-16-17(14-4-8-31-9-5-14)12-25-20(19(16)27-21(13)29)26-15-2-6-28(7-3-15)22(30)18(23)11-24/h4,10,12,15,18H,2-3,5-9,11,24H2,1H3,(H,25,26)(H,27,29). The molecule has 2 aliphatic rings. The van der Waals surface area contributed by atoms with Crippen molar-refractivity contribution >= 4 is 28.2 Å². The molecule has 2 aromatic heterocycles. The second-order valence-electron chi connectivity index (χ2n) is 8.09. The lowest BCUT2D eigenvalue weighted by Crippen LogP contribution is -2.47. The van der Waals surface area contributed by atoms with E-state index in [1.165, 1.54) is 4.90 Å². The minimum absolute atomic E-state index is 0.0636. The smallest absolute Gasteiger partial charge is 0.258 e. The highest BCUT2D eigenvalue weighted by atomic mass is 19.1. The number of ether oxygens (including phenoxy) is 1. The summed E-state index contributed by atoms with van der Waals surface area (Å²) in [5.74, 6) is 0.0667. The molecule has 0 aromatic carbocycles. The summed E-state index contributed by atoms with van der Waals surface area (Å²) in [4.78, 5) is 33.5. The van der Waals surface area contributed by atoms with E-state index in [-0.39, 0.29) is 18.1 Å². The predicted molar refractivity (Wildman–Crippen MR) is 118 cm³/mol. The second-order valence-corrected chi connectivity index (χ2v) is 8.09. The van der Waals surface area contributed by atoms with Crippen molar-refractivity contribution in [1.29, 1.82) is 0 Å². The molecule has 0 spiro atoms. The van der Waals surface area contributed by atoms with E-state index in [2.05, 4.69) is 21.4 Å². The topological polar surface area (TPSA) is 113 Å². The van der Waals surface area contributed by atoms with E-state index in [4.69, 9.17) is 10.5 Å². The number of hydrogen-bond acceptors (Lipinski definition) is 6. The summed E-state index contributed by atoms with van der Waals surface area (Å²) in [6.07, 6.45) is 4.37. The zero-order valence-corrected chi connectivity index (χ0v) is 17.6. The average Bonchev–Trinajstić information content (AvgIpc) is 2.80. The Morgan fingerprint density at radius 3 is 2.90 bits per heavy atom. The molecule has 8 nitrogen and oxygen atoms in total. The molecule has 1 saturated heterocycles. The van der Waals surface area contributed by atoms with Gasteiger partial charge in [0.1, 0.15) is 0 Å². The lowest BCUT2D eigenvalue weighted by Gasteiger charge is -2.33. The van der Waals surface area contributed by atoms with Gasteiger partial charge in [0.15, 0.2) is 12.0 Å². The van der Waals surface area contributed by atoms with Crippen molar-refractivity contribution in [2.75, 3.05) is 38.2 Å². The van der Waals surface area contributed by atoms with E-state index in [0.717, 1.165) is 22.9 Å². The van der Waals surface area contributed by atoms with Crippen LogP contribution in [0.25, 0.3) is 16.5 Å². The van der Waals surface area contributed by atoms with Gasteiger partial charge in [0.05, 0.1) is 18.7 Å². The van der Waals surface area contributed by atoms with Crippen molar-refractivity contribution in [3.8, 4) is 0 Å². The SMILES string of the molecule is Cc1cc2c(C3=CCOCC3)cnc(NC3CCN(C(=O)C(F)CN)CC3)c2[nH]c1=O. The van der Waals surface area contributed by atoms with Crippen LogP contribution in [0.15, 0.2) is 23.1 Å². The lowest BCUT2D eigenvalue weighted by atomic mass is 9.98. The van der Waals surface area contributed by atoms with Crippen molar-refractivity contribution in [3.63, 3.8) is 0 Å². The maximum Gasteiger partial charge on any atom is 0.258 e. The number of alkyl halides is 1. The van der Waals surface area contributed by atoms with Gasteiger partial charge in [-0.05, 0) is 37.8 Å². The fourth-order valence-corrected chi connectivity index (χ4v) is 4.17. The number of carbonyl (C=O) groups is 1. The highest BCUT2D eigenvalue weighted by Gasteiger charge is 2.28. The quantitative estimate of drug-likeness (QED) is 0.667. The number of hydrogen-bond donors (Lipinski definition) is 3. The Morgan fingerprint density at radius 2 is 2.23 bits per heavy atom. The molecule has 9 heteroatoms. The number of amides is 1. The first kappa shape index (κ1) is 21.5. The van der Waals surface area contributed by atoms with Crippen molar-refractivity contribution in [3.05, 3.63) is 39.8 Å². The van der Waals surface area contributed by atoms with Gasteiger partial charge in [0.2, 0.25) is 0 Å². The fourth-order valence-electron chi connectivity index (χ4n) is 4.17. The number of aromatic amines is 1. The van der Waals surface area contributed by atoms with Crippen LogP contribution in [0.5, 0.6) is 0 Å². The molecule has 1 fully saturated rings. The largest absolute Gasteiger partial charge is 0.377 e. The van der Waals surface area contributed by atoms with Crippen LogP contribution in [0.3, 0.4) is 0 Å². The van der Waals surface area contributed by atoms with Gasteiger partial charge in [0, 0.05) is 48.4 Å². The average molecular weight is 429 g/mol. The van der Waals surface area contributed by atoms with E-state index in [9.17, 15) is 14.0 Å². The number of nitrogens with one attached hydrogen (secondary N) is 2. The number of aryl methyl sites for hydroxylation is 1. The number of fused-ring (bicyclic) bond motifs is 1. The third-order valence-corrected chi connectivity index (χ3v) is 6.01. The van der Waals surface area contributed by atoms with Crippen LogP contribution < -0.4 is 16.6 Å². The molecule has 1 unspecified atom stereocenters. The molecule has 0 aliphatic carbocycles. The first-order chi connectivity index (χ1) is 15.0. The summed E-state index contributed by atoms with van der Waals surface area (Å²) in [5, 5.41) is 4.36. The number of aromatic nitrogens is 2. The molecule has 1 atom stereocenters. The Hall–Kier alpha value is -2.78. The van der Waals surface area contributed by atoms with Crippen molar-refractivity contribution in [2.45, 2.75) is 38.4 Å². The zero-order valence-electron chi connectivity index (χ0n) is 17.6. The first-order valence-corrected chi connectivity index (χ1v) is 10.7. The minimum Gasteiger partial charge on any atom is -0.377 e. The number of anilines is 1. The molecule has 4 N–H and O–H groups in total. The molecule has 2 aromatic rings. The number of nitrogens with zero attached hydrogens (tertiary/aromatic N) is 2. The molecule has 4 rings (SSSR count). The van der Waals surface area contributed by atoms with Gasteiger partial charge in [0.25, 0.3) is 11.5 Å². The molecular formula is C22H28FN5O3. The Kier molecular flexibility index (Phi) is 6.33. The molecule has 0 saturated carbocycles. The lowest BCUT2D eigenvalue weighted by molar-refractivity contribution is -0.137. The normalized spacial score (nSPS) is 18.7. The molecule has 31 heavy (non-hydrogen) atoms. The molecule has 0 radical (unpaired) electrons. The van der Waals surface area contributed by atoms with Crippen LogP contribution in [0.2, 0.25) is 0 Å². The summed E-state index contributed by atoms with van der Waals surface area (Å²) >= 11 is 0. The summed E-state index contributed by atoms with van der Waals surface area (Å²) in [6.45, 7) is 3.64. The number of piperidine rings is 1. The van der Waals surface area contributed by atoms with E-state index in [1.54, 1.807) is 6.92 Å². The van der Waals surface area contributed by atoms with Gasteiger partial charge < -0.3 is 25.7 Å². The van der Waals surface area contributed by atoms with Gasteiger partial charge in [-0.15, -0.1) is 0 Å². The van der Waals surface area contributed by atoms with Gasteiger partial charge in [-0.3, -0.25) is 9.59 Å². The van der Waals surface area contributed by atoms with E-state index < -0.39 is 12.1 Å². The van der Waals surface area contributed by atoms with Crippen LogP contribution in [0, 0.1) is 6.92 Å². The monoisotopic (exact) mass is 429 g/mol. The molecule has 4 heterocycles. The van der Waals surface area contributed by atoms with Crippen molar-refractivity contribution in [2.24, 2.45) is 5.73 Å². The molecule has 166 valence electrons. The highest BCUT2D eigenvalue weighted by molar-refractivity contribution is 5.97. The van der Waals surface area contributed by atoms with Gasteiger partial charge >= 0.3 is 0 Å². The number of H-pyrrole nitrogens is 1. The Balaban J connectivity index is 1.58. The fraction of sp³-hybridized carbons (Fsp3) is 0.500. The van der Waals surface area contributed by atoms with E-state index in [1.807, 2.05) is 12.3 Å². The molecule has 1 amide bonds. The van der Waals surface area contributed by atoms with Gasteiger partial charge in [-0.1, -0.05) is 6.08 Å². The second kappa shape index (κ2) is 9.15. The van der Waals surface area contributed by atoms with Crippen LogP contribution >= 0.6 is 0 Å². The van der Waals surface area contributed by atoms with Crippen molar-refractivity contribution < 1.29 is 13.9 Å². The molecular weight excluding hydrogens is 401 g/mol. The Morgan fingerprint density at radius 1 is 1.45 bits per heavy atom. The molecule has 0 bridgehead atoms. The van der Waals surface area contributed by atoms with E-state index in [0.29, 0.717) is 56.0 Å². The van der Waals surface area contributed by atoms with Crippen molar-refractivity contribution in [1.82, 2.24) is 14.9 Å². The Bertz CT molecular complexity index is 1060. The first-order valence-electron chi connectivity index (χ1n) is 10.7. The maximum atomic E-state index is 13.6. The highest BCUT2D eigenvalue weighted by Crippen LogP contribution is 2.31. The third kappa shape index (κ3) is 4.47. The van der Waals surface area contributed by atoms with E-state index >= 15 is 0 Å².